The maximum atomic E-state index is 11.1. The van der Waals surface area contributed by atoms with Crippen molar-refractivity contribution < 1.29 is 5.11 Å². The molecule has 0 aliphatic rings. The normalized spacial score (nSPS) is 13.9. The number of aromatic amines is 2. The molecule has 5 nitrogen and oxygen atoms in total. The summed E-state index contributed by atoms with van der Waals surface area (Å²) in [6.07, 6.45) is 0. The number of hydrogen-bond acceptors (Lipinski definition) is 3. The summed E-state index contributed by atoms with van der Waals surface area (Å²) in [7, 11) is 0. The smallest absolute Gasteiger partial charge is 0.323 e. The number of benzene rings is 1. The highest BCUT2D eigenvalue weighted by Crippen LogP contribution is 2.18. The molecule has 1 atom stereocenters. The molecule has 5 heteroatoms. The fourth-order valence-corrected chi connectivity index (χ4v) is 1.55. The van der Waals surface area contributed by atoms with Crippen molar-refractivity contribution in [2.24, 2.45) is 0 Å². The third-order valence-corrected chi connectivity index (χ3v) is 2.96. The Morgan fingerprint density at radius 3 is 2.59 bits per heavy atom. The van der Waals surface area contributed by atoms with Gasteiger partial charge in [0.15, 0.2) is 0 Å². The van der Waals surface area contributed by atoms with Gasteiger partial charge in [-0.15, -0.1) is 0 Å². The van der Waals surface area contributed by atoms with Crippen LogP contribution in [0.15, 0.2) is 23.0 Å². The minimum Gasteiger partial charge on any atom is -0.388 e. The molecular weight excluding hydrogens is 218 g/mol. The van der Waals surface area contributed by atoms with E-state index in [0.29, 0.717) is 0 Å². The summed E-state index contributed by atoms with van der Waals surface area (Å²) in [5.41, 5.74) is 1.37. The average molecular weight is 235 g/mol. The molecule has 0 aliphatic carbocycles. The van der Waals surface area contributed by atoms with E-state index in [-0.39, 0.29) is 11.7 Å². The van der Waals surface area contributed by atoms with E-state index in [4.69, 9.17) is 0 Å². The molecule has 17 heavy (non-hydrogen) atoms. The number of hydrogen-bond donors (Lipinski definition) is 4. The molecule has 1 aromatic carbocycles. The summed E-state index contributed by atoms with van der Waals surface area (Å²) in [5, 5.41) is 13.0. The van der Waals surface area contributed by atoms with Crippen molar-refractivity contribution in [2.75, 3.05) is 5.32 Å². The number of imidazole rings is 1. The lowest BCUT2D eigenvalue weighted by Gasteiger charge is -2.27. The monoisotopic (exact) mass is 235 g/mol. The van der Waals surface area contributed by atoms with Crippen LogP contribution in [0.4, 0.5) is 5.69 Å². The van der Waals surface area contributed by atoms with Gasteiger partial charge in [0, 0.05) is 5.69 Å². The van der Waals surface area contributed by atoms with Gasteiger partial charge in [-0.3, -0.25) is 0 Å². The standard InChI is InChI=1S/C12H17N3O2/c1-7(12(2,3)17)13-8-4-5-9-10(6-8)15-11(16)14-9/h4-7,13,17H,1-3H3,(H2,14,15,16). The highest BCUT2D eigenvalue weighted by Gasteiger charge is 2.21. The number of aliphatic hydroxyl groups is 1. The van der Waals surface area contributed by atoms with Crippen LogP contribution in [0, 0.1) is 0 Å². The molecule has 2 rings (SSSR count). The second-order valence-corrected chi connectivity index (χ2v) is 4.86. The zero-order chi connectivity index (χ0) is 12.6. The van der Waals surface area contributed by atoms with Crippen molar-refractivity contribution in [3.63, 3.8) is 0 Å². The fraction of sp³-hybridized carbons (Fsp3) is 0.417. The van der Waals surface area contributed by atoms with E-state index < -0.39 is 5.60 Å². The molecule has 4 N–H and O–H groups in total. The van der Waals surface area contributed by atoms with Crippen molar-refractivity contribution in [3.8, 4) is 0 Å². The number of anilines is 1. The van der Waals surface area contributed by atoms with E-state index in [1.165, 1.54) is 0 Å². The van der Waals surface area contributed by atoms with Gasteiger partial charge in [-0.25, -0.2) is 4.79 Å². The van der Waals surface area contributed by atoms with Crippen LogP contribution in [0.3, 0.4) is 0 Å². The molecule has 0 spiro atoms. The third kappa shape index (κ3) is 2.50. The number of nitrogens with one attached hydrogen (secondary N) is 3. The lowest BCUT2D eigenvalue weighted by Crippen LogP contribution is -2.39. The summed E-state index contributed by atoms with van der Waals surface area (Å²) in [6, 6.07) is 5.45. The molecule has 92 valence electrons. The van der Waals surface area contributed by atoms with Gasteiger partial charge in [-0.2, -0.15) is 0 Å². The number of fused-ring (bicyclic) bond motifs is 1. The Labute approximate surface area is 98.9 Å². The zero-order valence-corrected chi connectivity index (χ0v) is 10.2. The first-order valence-corrected chi connectivity index (χ1v) is 5.57. The fourth-order valence-electron chi connectivity index (χ4n) is 1.55. The first-order chi connectivity index (χ1) is 7.86. The summed E-state index contributed by atoms with van der Waals surface area (Å²) >= 11 is 0. The first-order valence-electron chi connectivity index (χ1n) is 5.57. The van der Waals surface area contributed by atoms with Crippen LogP contribution < -0.4 is 11.0 Å². The van der Waals surface area contributed by atoms with Crippen LogP contribution in [0.2, 0.25) is 0 Å². The summed E-state index contributed by atoms with van der Waals surface area (Å²) < 4.78 is 0. The highest BCUT2D eigenvalue weighted by molar-refractivity contribution is 5.78. The van der Waals surface area contributed by atoms with Crippen LogP contribution >= 0.6 is 0 Å². The predicted molar refractivity (Wildman–Crippen MR) is 68.3 cm³/mol. The van der Waals surface area contributed by atoms with E-state index in [0.717, 1.165) is 16.7 Å². The summed E-state index contributed by atoms with van der Waals surface area (Å²) in [5.74, 6) is 0. The van der Waals surface area contributed by atoms with E-state index in [1.54, 1.807) is 13.8 Å². The molecule has 0 amide bonds. The van der Waals surface area contributed by atoms with Crippen molar-refractivity contribution in [1.29, 1.82) is 0 Å². The Morgan fingerprint density at radius 1 is 1.29 bits per heavy atom. The summed E-state index contributed by atoms with van der Waals surface area (Å²) in [4.78, 5) is 16.5. The molecule has 1 aromatic heterocycles. The number of H-pyrrole nitrogens is 2. The molecule has 2 aromatic rings. The Kier molecular flexibility index (Phi) is 2.71. The molecular formula is C12H17N3O2. The molecule has 1 heterocycles. The number of rotatable bonds is 3. The molecule has 0 saturated carbocycles. The second-order valence-electron chi connectivity index (χ2n) is 4.86. The first kappa shape index (κ1) is 11.7. The molecule has 0 radical (unpaired) electrons. The summed E-state index contributed by atoms with van der Waals surface area (Å²) in [6.45, 7) is 5.41. The van der Waals surface area contributed by atoms with Gasteiger partial charge < -0.3 is 20.4 Å². The third-order valence-electron chi connectivity index (χ3n) is 2.96. The lowest BCUT2D eigenvalue weighted by atomic mass is 10.0. The van der Waals surface area contributed by atoms with Gasteiger partial charge in [0.1, 0.15) is 0 Å². The van der Waals surface area contributed by atoms with Gasteiger partial charge in [0.25, 0.3) is 0 Å². The van der Waals surface area contributed by atoms with Crippen LogP contribution in [-0.2, 0) is 0 Å². The zero-order valence-electron chi connectivity index (χ0n) is 10.2. The predicted octanol–water partition coefficient (Wildman–Crippen LogP) is 1.43. The van der Waals surface area contributed by atoms with Gasteiger partial charge >= 0.3 is 5.69 Å². The second kappa shape index (κ2) is 3.92. The quantitative estimate of drug-likeness (QED) is 0.649. The Hall–Kier alpha value is -1.75. The topological polar surface area (TPSA) is 80.9 Å². The van der Waals surface area contributed by atoms with Crippen LogP contribution in [0.5, 0.6) is 0 Å². The molecule has 1 unspecified atom stereocenters. The van der Waals surface area contributed by atoms with Crippen molar-refractivity contribution in [3.05, 3.63) is 28.7 Å². The van der Waals surface area contributed by atoms with Crippen LogP contribution in [-0.4, -0.2) is 26.7 Å². The van der Waals surface area contributed by atoms with Crippen molar-refractivity contribution >= 4 is 16.7 Å². The maximum absolute atomic E-state index is 11.1. The Balaban J connectivity index is 2.28. The number of aromatic nitrogens is 2. The van der Waals surface area contributed by atoms with E-state index in [2.05, 4.69) is 15.3 Å². The SMILES string of the molecule is CC(Nc1ccc2[nH]c(=O)[nH]c2c1)C(C)(C)O. The molecule has 0 fully saturated rings. The van der Waals surface area contributed by atoms with Crippen LogP contribution in [0.25, 0.3) is 11.0 Å². The molecule has 0 bridgehead atoms. The van der Waals surface area contributed by atoms with Gasteiger partial charge in [0.2, 0.25) is 0 Å². The van der Waals surface area contributed by atoms with Crippen molar-refractivity contribution in [1.82, 2.24) is 9.97 Å². The van der Waals surface area contributed by atoms with Gasteiger partial charge in [-0.05, 0) is 39.0 Å². The average Bonchev–Trinajstić information content (AvgIpc) is 2.55. The van der Waals surface area contributed by atoms with Crippen LogP contribution in [0.1, 0.15) is 20.8 Å². The van der Waals surface area contributed by atoms with E-state index >= 15 is 0 Å². The Morgan fingerprint density at radius 2 is 1.94 bits per heavy atom. The maximum Gasteiger partial charge on any atom is 0.323 e. The minimum absolute atomic E-state index is 0.0920. The lowest BCUT2D eigenvalue weighted by molar-refractivity contribution is 0.0649. The van der Waals surface area contributed by atoms with Gasteiger partial charge in [-0.1, -0.05) is 0 Å². The minimum atomic E-state index is -0.805. The van der Waals surface area contributed by atoms with E-state index in [9.17, 15) is 9.90 Å². The van der Waals surface area contributed by atoms with Crippen molar-refractivity contribution in [2.45, 2.75) is 32.4 Å². The van der Waals surface area contributed by atoms with Gasteiger partial charge in [0.05, 0.1) is 22.7 Å². The van der Waals surface area contributed by atoms with E-state index in [1.807, 2.05) is 25.1 Å². The largest absolute Gasteiger partial charge is 0.388 e. The molecule has 0 saturated heterocycles. The highest BCUT2D eigenvalue weighted by atomic mass is 16.3. The Bertz CT molecular complexity index is 577. The molecule has 0 aliphatic heterocycles.